The van der Waals surface area contributed by atoms with Crippen LogP contribution >= 0.6 is 0 Å². The summed E-state index contributed by atoms with van der Waals surface area (Å²) in [5.41, 5.74) is 6.02. The predicted octanol–water partition coefficient (Wildman–Crippen LogP) is 6.97. The normalized spacial score (nSPS) is 21.9. The van der Waals surface area contributed by atoms with Crippen molar-refractivity contribution in [1.29, 1.82) is 0 Å². The van der Waals surface area contributed by atoms with Gasteiger partial charge in [0, 0.05) is 23.7 Å². The number of benzene rings is 3. The van der Waals surface area contributed by atoms with Crippen molar-refractivity contribution in [3.8, 4) is 16.9 Å². The van der Waals surface area contributed by atoms with Crippen LogP contribution in [0.3, 0.4) is 0 Å². The van der Waals surface area contributed by atoms with Crippen LogP contribution in [-0.2, 0) is 30.4 Å². The van der Waals surface area contributed by atoms with Gasteiger partial charge in [-0.3, -0.25) is 4.79 Å². The van der Waals surface area contributed by atoms with Gasteiger partial charge in [0.15, 0.2) is 0 Å². The minimum Gasteiger partial charge on any atom is -0.493 e. The van der Waals surface area contributed by atoms with Gasteiger partial charge >= 0.3 is 18.1 Å². The zero-order valence-corrected chi connectivity index (χ0v) is 29.0. The number of carbonyl (C=O) groups is 2. The Morgan fingerprint density at radius 2 is 1.44 bits per heavy atom. The Balaban J connectivity index is 1.43. The van der Waals surface area contributed by atoms with Crippen LogP contribution in [0.4, 0.5) is 22.0 Å². The largest absolute Gasteiger partial charge is 0.493 e. The standard InChI is InChI=1S/C37H40F5N3O6S/c38-36(39,27-13-7-12-26(20-27)25-10-5-2-6-11-25)33(34(46)44-29-14-15-30(44)22-28(43)21-29)45(51-35(47)37(40,41)42)52(48,49)32-18-16-31(17-19-32)50-23-24-8-3-1-4-9-24/h2,5-7,10-13,16-20,24,28-30,33H,1,3-4,8-9,14-15,21-23,43H2/t28?,29?,30?,33-/m0/s1. The molecule has 52 heavy (non-hydrogen) atoms. The lowest BCUT2D eigenvalue weighted by Gasteiger charge is -2.42. The molecule has 2 unspecified atom stereocenters. The van der Waals surface area contributed by atoms with Crippen LogP contribution < -0.4 is 10.5 Å². The van der Waals surface area contributed by atoms with Crippen molar-refractivity contribution in [3.63, 3.8) is 0 Å². The number of nitrogens with zero attached hydrogens (tertiary/aromatic N) is 2. The van der Waals surface area contributed by atoms with Gasteiger partial charge in [-0.05, 0) is 90.4 Å². The van der Waals surface area contributed by atoms with Crippen LogP contribution in [0, 0.1) is 5.92 Å². The first-order chi connectivity index (χ1) is 24.7. The summed E-state index contributed by atoms with van der Waals surface area (Å²) < 4.78 is 109. The molecule has 2 N–H and O–H groups in total. The molecule has 3 aromatic carbocycles. The highest BCUT2D eigenvalue weighted by Gasteiger charge is 2.60. The van der Waals surface area contributed by atoms with Crippen molar-refractivity contribution in [3.05, 3.63) is 84.4 Å². The fourth-order valence-corrected chi connectivity index (χ4v) is 8.90. The smallest absolute Gasteiger partial charge is 0.492 e. The Morgan fingerprint density at radius 3 is 2.06 bits per heavy atom. The second-order valence-corrected chi connectivity index (χ2v) is 15.5. The number of hydroxylamine groups is 1. The first kappa shape index (κ1) is 37.7. The Kier molecular flexibility index (Phi) is 10.9. The molecule has 3 atom stereocenters. The van der Waals surface area contributed by atoms with Crippen molar-refractivity contribution in [2.45, 2.75) is 98.9 Å². The minimum absolute atomic E-state index is 0.210. The lowest BCUT2D eigenvalue weighted by atomic mass is 9.90. The van der Waals surface area contributed by atoms with E-state index < -0.39 is 67.1 Å². The zero-order chi connectivity index (χ0) is 37.3. The summed E-state index contributed by atoms with van der Waals surface area (Å²) in [5.74, 6) is -8.62. The molecule has 2 heterocycles. The van der Waals surface area contributed by atoms with Crippen LogP contribution in [0.5, 0.6) is 5.75 Å². The topological polar surface area (TPSA) is 119 Å². The predicted molar refractivity (Wildman–Crippen MR) is 180 cm³/mol. The van der Waals surface area contributed by atoms with E-state index in [2.05, 4.69) is 4.84 Å². The van der Waals surface area contributed by atoms with Crippen molar-refractivity contribution < 1.29 is 49.5 Å². The molecule has 0 aromatic heterocycles. The number of sulfonamides is 1. The van der Waals surface area contributed by atoms with E-state index >= 15 is 8.78 Å². The lowest BCUT2D eigenvalue weighted by Crippen LogP contribution is -2.62. The summed E-state index contributed by atoms with van der Waals surface area (Å²) >= 11 is 0. The van der Waals surface area contributed by atoms with Gasteiger partial charge in [-0.1, -0.05) is 67.8 Å². The molecule has 3 aliphatic rings. The number of fused-ring (bicyclic) bond motifs is 2. The van der Waals surface area contributed by atoms with Crippen LogP contribution in [0.25, 0.3) is 11.1 Å². The Hall–Kier alpha value is -4.08. The minimum atomic E-state index is -5.81. The summed E-state index contributed by atoms with van der Waals surface area (Å²) in [6.07, 6.45) is 0.525. The fourth-order valence-electron chi connectivity index (χ4n) is 7.55. The van der Waals surface area contributed by atoms with Gasteiger partial charge in [-0.15, -0.1) is 0 Å². The number of rotatable bonds is 11. The van der Waals surface area contributed by atoms with Crippen molar-refractivity contribution >= 4 is 21.9 Å². The molecule has 0 spiro atoms. The molecule has 1 saturated carbocycles. The van der Waals surface area contributed by atoms with Gasteiger partial charge in [0.2, 0.25) is 6.04 Å². The molecule has 3 aromatic rings. The van der Waals surface area contributed by atoms with E-state index in [4.69, 9.17) is 10.5 Å². The summed E-state index contributed by atoms with van der Waals surface area (Å²) in [6.45, 7) is 0.355. The summed E-state index contributed by atoms with van der Waals surface area (Å²) in [4.78, 5) is 31.5. The molecule has 2 saturated heterocycles. The molecule has 6 rings (SSSR count). The van der Waals surface area contributed by atoms with E-state index in [1.165, 1.54) is 24.3 Å². The number of alkyl halides is 5. The van der Waals surface area contributed by atoms with Crippen molar-refractivity contribution in [2.24, 2.45) is 11.7 Å². The number of ether oxygens (including phenoxy) is 1. The zero-order valence-electron chi connectivity index (χ0n) is 28.2. The Labute approximate surface area is 298 Å². The third-order valence-corrected chi connectivity index (χ3v) is 11.8. The SMILES string of the molecule is NC1CC2CCC(C1)N2C(=O)[C@H](N(OC(=O)C(F)(F)F)S(=O)(=O)c1ccc(OCC2CCCCC2)cc1)C(F)(F)c1cccc(-c2ccccc2)c1. The van der Waals surface area contributed by atoms with Gasteiger partial charge in [0.05, 0.1) is 11.5 Å². The highest BCUT2D eigenvalue weighted by Crippen LogP contribution is 2.44. The number of piperidine rings is 1. The fraction of sp³-hybridized carbons (Fsp3) is 0.459. The molecule has 9 nitrogen and oxygen atoms in total. The third kappa shape index (κ3) is 7.96. The number of halogens is 5. The van der Waals surface area contributed by atoms with Gasteiger partial charge < -0.3 is 20.2 Å². The van der Waals surface area contributed by atoms with E-state index in [0.29, 0.717) is 30.9 Å². The van der Waals surface area contributed by atoms with Crippen molar-refractivity contribution in [2.75, 3.05) is 6.61 Å². The van der Waals surface area contributed by atoms with Gasteiger partial charge in [0.25, 0.3) is 15.9 Å². The number of amides is 1. The third-order valence-electron chi connectivity index (χ3n) is 10.1. The number of nitrogens with two attached hydrogens (primary N) is 1. The Morgan fingerprint density at radius 1 is 0.827 bits per heavy atom. The summed E-state index contributed by atoms with van der Waals surface area (Å²) in [6, 6.07) is 12.4. The number of hydrogen-bond donors (Lipinski definition) is 1. The van der Waals surface area contributed by atoms with Crippen LogP contribution in [-0.4, -0.2) is 66.6 Å². The first-order valence-corrected chi connectivity index (χ1v) is 18.8. The van der Waals surface area contributed by atoms with E-state index in [-0.39, 0.29) is 30.2 Å². The van der Waals surface area contributed by atoms with E-state index in [0.717, 1.165) is 61.3 Å². The highest BCUT2D eigenvalue weighted by molar-refractivity contribution is 7.89. The van der Waals surface area contributed by atoms with Crippen LogP contribution in [0.2, 0.25) is 0 Å². The molecule has 1 aliphatic carbocycles. The molecular weight excluding hydrogens is 709 g/mol. The van der Waals surface area contributed by atoms with E-state index in [1.54, 1.807) is 30.3 Å². The molecule has 1 amide bonds. The second-order valence-electron chi connectivity index (χ2n) is 13.8. The monoisotopic (exact) mass is 749 g/mol. The number of hydrogen-bond acceptors (Lipinski definition) is 7. The molecule has 280 valence electrons. The highest BCUT2D eigenvalue weighted by atomic mass is 32.2. The molecule has 15 heteroatoms. The van der Waals surface area contributed by atoms with Gasteiger partial charge in [-0.2, -0.15) is 22.0 Å². The molecule has 2 aliphatic heterocycles. The first-order valence-electron chi connectivity index (χ1n) is 17.3. The maximum atomic E-state index is 17.2. The average Bonchev–Trinajstić information content (AvgIpc) is 3.41. The van der Waals surface area contributed by atoms with E-state index in [1.807, 2.05) is 0 Å². The molecule has 0 radical (unpaired) electrons. The molecular formula is C37H40F5N3O6S. The van der Waals surface area contributed by atoms with Gasteiger partial charge in [0.1, 0.15) is 5.75 Å². The maximum Gasteiger partial charge on any atom is 0.492 e. The maximum absolute atomic E-state index is 17.2. The van der Waals surface area contributed by atoms with Crippen LogP contribution in [0.15, 0.2) is 83.8 Å². The average molecular weight is 750 g/mol. The van der Waals surface area contributed by atoms with Gasteiger partial charge in [-0.25, -0.2) is 13.2 Å². The summed E-state index contributed by atoms with van der Waals surface area (Å²) in [5, 5.41) is 0. The second kappa shape index (κ2) is 15.1. The van der Waals surface area contributed by atoms with Crippen molar-refractivity contribution in [1.82, 2.24) is 9.37 Å². The number of carbonyl (C=O) groups excluding carboxylic acids is 2. The quantitative estimate of drug-likeness (QED) is 0.166. The Bertz CT molecular complexity index is 1820. The molecule has 2 bridgehead atoms. The van der Waals surface area contributed by atoms with E-state index in [9.17, 15) is 31.2 Å². The summed E-state index contributed by atoms with van der Waals surface area (Å²) in [7, 11) is -5.59. The van der Waals surface area contributed by atoms with Crippen LogP contribution in [0.1, 0.15) is 63.4 Å². The lowest BCUT2D eigenvalue weighted by molar-refractivity contribution is -0.240. The molecule has 3 fully saturated rings.